The number of hydrogen-bond acceptors (Lipinski definition) is 4. The molecule has 0 aliphatic carbocycles. The highest BCUT2D eigenvalue weighted by Gasteiger charge is 1.95. The molecule has 14 heavy (non-hydrogen) atoms. The first-order valence-corrected chi connectivity index (χ1v) is 4.61. The molecule has 0 fully saturated rings. The summed E-state index contributed by atoms with van der Waals surface area (Å²) in [6, 6.07) is 0. The number of rotatable bonds is 5. The molecule has 4 heteroatoms. The molecule has 0 aromatic heterocycles. The van der Waals surface area contributed by atoms with Crippen LogP contribution < -0.4 is 0 Å². The van der Waals surface area contributed by atoms with Crippen LogP contribution in [0.15, 0.2) is 12.7 Å². The first-order chi connectivity index (χ1) is 6.58. The number of carbonyl (C=O) groups is 1. The first kappa shape index (κ1) is 15.6. The van der Waals surface area contributed by atoms with E-state index in [0.717, 1.165) is 6.42 Å². The maximum absolute atomic E-state index is 9.93. The van der Waals surface area contributed by atoms with Gasteiger partial charge in [-0.3, -0.25) is 4.79 Å². The van der Waals surface area contributed by atoms with Crippen molar-refractivity contribution in [2.45, 2.75) is 32.8 Å². The smallest absolute Gasteiger partial charge is 0.302 e. The lowest BCUT2D eigenvalue weighted by molar-refractivity contribution is -0.139. The topological polar surface area (TPSA) is 66.8 Å². The molecule has 0 saturated heterocycles. The van der Waals surface area contributed by atoms with Crippen molar-refractivity contribution < 1.29 is 19.7 Å². The number of hydrogen-bond donors (Lipinski definition) is 2. The second-order valence-electron chi connectivity index (χ2n) is 2.72. The Morgan fingerprint density at radius 1 is 1.64 bits per heavy atom. The van der Waals surface area contributed by atoms with Gasteiger partial charge in [-0.05, 0) is 6.42 Å². The van der Waals surface area contributed by atoms with E-state index in [-0.39, 0.29) is 12.6 Å². The highest BCUT2D eigenvalue weighted by atomic mass is 16.5. The molecule has 0 heterocycles. The van der Waals surface area contributed by atoms with E-state index >= 15 is 0 Å². The van der Waals surface area contributed by atoms with E-state index in [4.69, 9.17) is 10.2 Å². The summed E-state index contributed by atoms with van der Waals surface area (Å²) in [5.41, 5.74) is 0. The molecule has 0 amide bonds. The van der Waals surface area contributed by atoms with Crippen molar-refractivity contribution in [2.75, 3.05) is 13.2 Å². The van der Waals surface area contributed by atoms with Gasteiger partial charge in [0.2, 0.25) is 0 Å². The van der Waals surface area contributed by atoms with Crippen LogP contribution in [0.25, 0.3) is 0 Å². The van der Waals surface area contributed by atoms with Crippen molar-refractivity contribution >= 4 is 5.97 Å². The van der Waals surface area contributed by atoms with Gasteiger partial charge in [0.05, 0.1) is 12.7 Å². The van der Waals surface area contributed by atoms with Crippen LogP contribution in [0, 0.1) is 0 Å². The summed E-state index contributed by atoms with van der Waals surface area (Å²) < 4.78 is 4.43. The van der Waals surface area contributed by atoms with Crippen LogP contribution in [0.3, 0.4) is 0 Å². The minimum Gasteiger partial charge on any atom is -0.462 e. The van der Waals surface area contributed by atoms with E-state index in [1.807, 2.05) is 6.92 Å². The summed E-state index contributed by atoms with van der Waals surface area (Å²) >= 11 is 0. The molecule has 0 bridgehead atoms. The molecule has 0 radical (unpaired) electrons. The number of ether oxygens (including phenoxy) is 1. The van der Waals surface area contributed by atoms with Crippen molar-refractivity contribution in [3.63, 3.8) is 0 Å². The molecule has 0 aliphatic heterocycles. The third kappa shape index (κ3) is 17.3. The molecule has 0 aromatic carbocycles. The van der Waals surface area contributed by atoms with E-state index < -0.39 is 6.10 Å². The largest absolute Gasteiger partial charge is 0.462 e. The Balaban J connectivity index is 0. The lowest BCUT2D eigenvalue weighted by Crippen LogP contribution is -2.10. The molecule has 1 unspecified atom stereocenters. The standard InChI is InChI=1S/C5H8O2.C5H12O2/c1-3-4-7-5(2)6;1-2-3-5(7)4-6/h3H,1,4H2,2H3;5-7H,2-4H2,1H3. The Morgan fingerprint density at radius 2 is 2.21 bits per heavy atom. The normalized spacial score (nSPS) is 10.9. The quantitative estimate of drug-likeness (QED) is 0.515. The molecule has 84 valence electrons. The number of aliphatic hydroxyl groups is 2. The second-order valence-corrected chi connectivity index (χ2v) is 2.72. The van der Waals surface area contributed by atoms with Crippen molar-refractivity contribution in [1.82, 2.24) is 0 Å². The number of carbonyl (C=O) groups excluding carboxylic acids is 1. The predicted molar refractivity (Wildman–Crippen MR) is 54.8 cm³/mol. The summed E-state index contributed by atoms with van der Waals surface area (Å²) in [5, 5.41) is 16.8. The maximum Gasteiger partial charge on any atom is 0.302 e. The SMILES string of the molecule is C=CCOC(C)=O.CCCC(O)CO. The predicted octanol–water partition coefficient (Wildman–Crippen LogP) is 0.875. The Kier molecular flexibility index (Phi) is 13.5. The fourth-order valence-electron chi connectivity index (χ4n) is 0.601. The Bertz CT molecular complexity index is 145. The highest BCUT2D eigenvalue weighted by Crippen LogP contribution is 1.92. The van der Waals surface area contributed by atoms with E-state index in [9.17, 15) is 4.79 Å². The maximum atomic E-state index is 9.93. The monoisotopic (exact) mass is 204 g/mol. The lowest BCUT2D eigenvalue weighted by atomic mass is 10.2. The fourth-order valence-corrected chi connectivity index (χ4v) is 0.601. The number of aliphatic hydroxyl groups excluding tert-OH is 2. The summed E-state index contributed by atoms with van der Waals surface area (Å²) in [5.74, 6) is -0.264. The minimum absolute atomic E-state index is 0.103. The van der Waals surface area contributed by atoms with Crippen LogP contribution >= 0.6 is 0 Å². The van der Waals surface area contributed by atoms with Gasteiger partial charge in [-0.2, -0.15) is 0 Å². The van der Waals surface area contributed by atoms with Gasteiger partial charge in [0.25, 0.3) is 0 Å². The van der Waals surface area contributed by atoms with Crippen molar-refractivity contribution in [2.24, 2.45) is 0 Å². The molecule has 4 nitrogen and oxygen atoms in total. The molecule has 0 rings (SSSR count). The summed E-state index contributed by atoms with van der Waals surface area (Å²) in [6.07, 6.45) is 2.67. The zero-order chi connectivity index (χ0) is 11.4. The van der Waals surface area contributed by atoms with Crippen LogP contribution in [0.1, 0.15) is 26.7 Å². The van der Waals surface area contributed by atoms with E-state index in [2.05, 4.69) is 11.3 Å². The molecule has 0 saturated carbocycles. The van der Waals surface area contributed by atoms with Gasteiger partial charge in [-0.1, -0.05) is 26.0 Å². The van der Waals surface area contributed by atoms with E-state index in [1.54, 1.807) is 0 Å². The molecular formula is C10H20O4. The van der Waals surface area contributed by atoms with Crippen LogP contribution in [0.5, 0.6) is 0 Å². The summed E-state index contributed by atoms with van der Waals surface area (Å²) in [6.45, 7) is 6.90. The zero-order valence-corrected chi connectivity index (χ0v) is 8.90. The Morgan fingerprint density at radius 3 is 2.36 bits per heavy atom. The lowest BCUT2D eigenvalue weighted by Gasteiger charge is -2.01. The van der Waals surface area contributed by atoms with Crippen LogP contribution in [-0.4, -0.2) is 35.5 Å². The third-order valence-corrected chi connectivity index (χ3v) is 1.24. The molecule has 0 spiro atoms. The Hall–Kier alpha value is -0.870. The highest BCUT2D eigenvalue weighted by molar-refractivity contribution is 5.65. The molecule has 0 aliphatic rings. The summed E-state index contributed by atoms with van der Waals surface area (Å²) in [7, 11) is 0. The molecular weight excluding hydrogens is 184 g/mol. The van der Waals surface area contributed by atoms with Gasteiger partial charge in [-0.15, -0.1) is 0 Å². The van der Waals surface area contributed by atoms with Crippen molar-refractivity contribution in [1.29, 1.82) is 0 Å². The Labute approximate surface area is 85.2 Å². The average molecular weight is 204 g/mol. The van der Waals surface area contributed by atoms with Gasteiger partial charge in [0.1, 0.15) is 6.61 Å². The van der Waals surface area contributed by atoms with Gasteiger partial charge >= 0.3 is 5.97 Å². The molecule has 2 N–H and O–H groups in total. The zero-order valence-electron chi connectivity index (χ0n) is 8.90. The third-order valence-electron chi connectivity index (χ3n) is 1.24. The van der Waals surface area contributed by atoms with Gasteiger partial charge in [0.15, 0.2) is 0 Å². The fraction of sp³-hybridized carbons (Fsp3) is 0.700. The molecule has 1 atom stereocenters. The van der Waals surface area contributed by atoms with Crippen molar-refractivity contribution in [3.05, 3.63) is 12.7 Å². The van der Waals surface area contributed by atoms with Crippen LogP contribution in [-0.2, 0) is 9.53 Å². The van der Waals surface area contributed by atoms with Gasteiger partial charge in [-0.25, -0.2) is 0 Å². The van der Waals surface area contributed by atoms with E-state index in [0.29, 0.717) is 13.0 Å². The van der Waals surface area contributed by atoms with Crippen molar-refractivity contribution in [3.8, 4) is 0 Å². The average Bonchev–Trinajstić information content (AvgIpc) is 2.16. The first-order valence-electron chi connectivity index (χ1n) is 4.61. The van der Waals surface area contributed by atoms with E-state index in [1.165, 1.54) is 13.0 Å². The number of esters is 1. The van der Waals surface area contributed by atoms with Gasteiger partial charge in [0, 0.05) is 6.92 Å². The molecule has 0 aromatic rings. The second kappa shape index (κ2) is 12.1. The van der Waals surface area contributed by atoms with Gasteiger partial charge < -0.3 is 14.9 Å². The van der Waals surface area contributed by atoms with Crippen LogP contribution in [0.2, 0.25) is 0 Å². The minimum atomic E-state index is -0.495. The summed E-state index contributed by atoms with van der Waals surface area (Å²) in [4.78, 5) is 9.93. The van der Waals surface area contributed by atoms with Crippen LogP contribution in [0.4, 0.5) is 0 Å².